The fourth-order valence-corrected chi connectivity index (χ4v) is 4.55. The number of rotatable bonds is 12. The van der Waals surface area contributed by atoms with Gasteiger partial charge in [-0.25, -0.2) is 4.79 Å². The van der Waals surface area contributed by atoms with E-state index in [2.05, 4.69) is 4.98 Å². The molecule has 4 unspecified atom stereocenters. The molecule has 0 amide bonds. The highest BCUT2D eigenvalue weighted by atomic mass is 16.6. The maximum absolute atomic E-state index is 13.0. The molecule has 0 aliphatic carbocycles. The van der Waals surface area contributed by atoms with Crippen LogP contribution in [0.5, 0.6) is 5.88 Å². The number of methoxy groups -OCH3 is 1. The van der Waals surface area contributed by atoms with Gasteiger partial charge in [-0.3, -0.25) is 4.57 Å². The van der Waals surface area contributed by atoms with Gasteiger partial charge < -0.3 is 23.7 Å². The van der Waals surface area contributed by atoms with Crippen molar-refractivity contribution in [1.29, 1.82) is 0 Å². The number of hydrogen-bond acceptors (Lipinski definition) is 7. The molecule has 1 saturated heterocycles. The quantitative estimate of drug-likeness (QED) is 0.267. The van der Waals surface area contributed by atoms with Crippen molar-refractivity contribution in [1.82, 2.24) is 9.55 Å². The first-order chi connectivity index (χ1) is 19.2. The van der Waals surface area contributed by atoms with Crippen LogP contribution in [0.4, 0.5) is 0 Å². The zero-order chi connectivity index (χ0) is 26.9. The van der Waals surface area contributed by atoms with E-state index in [-0.39, 0.29) is 12.5 Å². The average molecular weight is 529 g/mol. The normalized spacial score (nSPS) is 20.6. The van der Waals surface area contributed by atoms with Crippen molar-refractivity contribution in [3.63, 3.8) is 0 Å². The van der Waals surface area contributed by atoms with Gasteiger partial charge in [0.2, 0.25) is 5.88 Å². The number of ether oxygens (including phenoxy) is 5. The van der Waals surface area contributed by atoms with Crippen molar-refractivity contribution in [3.05, 3.63) is 130 Å². The molecule has 1 aliphatic rings. The summed E-state index contributed by atoms with van der Waals surface area (Å²) in [6, 6.07) is 31.3. The summed E-state index contributed by atoms with van der Waals surface area (Å²) >= 11 is 0. The molecule has 0 spiro atoms. The number of benzene rings is 3. The molecule has 39 heavy (non-hydrogen) atoms. The van der Waals surface area contributed by atoms with E-state index in [1.165, 1.54) is 11.7 Å². The van der Waals surface area contributed by atoms with Crippen molar-refractivity contribution in [2.75, 3.05) is 13.7 Å². The Hall–Kier alpha value is -3.82. The molecule has 1 aliphatic heterocycles. The standard InChI is InChI=1S/C31H32N2O6/c1-35-27-17-18-33(31(34)32-27)30-29(38-21-25-15-9-4-10-16-25)28(37-20-24-13-7-3-8-14-24)26(39-30)22-36-19-23-11-5-2-6-12-23/h2-18,26,28-30H,19-22H2,1H3. The molecular weight excluding hydrogens is 496 g/mol. The smallest absolute Gasteiger partial charge is 0.353 e. The minimum atomic E-state index is -0.772. The van der Waals surface area contributed by atoms with E-state index in [4.69, 9.17) is 23.7 Å². The third-order valence-corrected chi connectivity index (χ3v) is 6.54. The molecule has 4 atom stereocenters. The van der Waals surface area contributed by atoms with Crippen LogP contribution in [0.3, 0.4) is 0 Å². The number of nitrogens with zero attached hydrogens (tertiary/aromatic N) is 2. The van der Waals surface area contributed by atoms with Gasteiger partial charge >= 0.3 is 5.69 Å². The summed E-state index contributed by atoms with van der Waals surface area (Å²) in [5.41, 5.74) is 2.58. The summed E-state index contributed by atoms with van der Waals surface area (Å²) in [5, 5.41) is 0. The molecule has 5 rings (SSSR count). The molecule has 0 saturated carbocycles. The van der Waals surface area contributed by atoms with Crippen LogP contribution in [0, 0.1) is 0 Å². The first-order valence-electron chi connectivity index (χ1n) is 12.9. The highest BCUT2D eigenvalue weighted by Crippen LogP contribution is 2.34. The van der Waals surface area contributed by atoms with Gasteiger partial charge in [0.15, 0.2) is 6.23 Å². The Kier molecular flexibility index (Phi) is 9.13. The van der Waals surface area contributed by atoms with Crippen LogP contribution in [-0.2, 0) is 38.8 Å². The Morgan fingerprint density at radius 3 is 1.82 bits per heavy atom. The first kappa shape index (κ1) is 26.8. The van der Waals surface area contributed by atoms with Gasteiger partial charge in [-0.1, -0.05) is 91.0 Å². The van der Waals surface area contributed by atoms with E-state index in [1.807, 2.05) is 91.0 Å². The van der Waals surface area contributed by atoms with Gasteiger partial charge in [-0.2, -0.15) is 4.98 Å². The molecule has 3 aromatic carbocycles. The van der Waals surface area contributed by atoms with Crippen molar-refractivity contribution in [2.24, 2.45) is 0 Å². The van der Waals surface area contributed by atoms with Crippen LogP contribution < -0.4 is 10.4 Å². The summed E-state index contributed by atoms with van der Waals surface area (Å²) < 4.78 is 32.0. The molecule has 8 nitrogen and oxygen atoms in total. The number of aromatic nitrogens is 2. The van der Waals surface area contributed by atoms with Gasteiger partial charge in [0, 0.05) is 12.3 Å². The Morgan fingerprint density at radius 1 is 0.744 bits per heavy atom. The maximum Gasteiger partial charge on any atom is 0.353 e. The lowest BCUT2D eigenvalue weighted by atomic mass is 10.1. The Bertz CT molecular complexity index is 1350. The highest BCUT2D eigenvalue weighted by molar-refractivity contribution is 5.15. The monoisotopic (exact) mass is 528 g/mol. The molecule has 202 valence electrons. The summed E-state index contributed by atoms with van der Waals surface area (Å²) in [5.74, 6) is 0.232. The maximum atomic E-state index is 13.0. The molecular formula is C31H32N2O6. The van der Waals surface area contributed by atoms with Crippen LogP contribution in [0.2, 0.25) is 0 Å². The molecule has 4 aromatic rings. The lowest BCUT2D eigenvalue weighted by Crippen LogP contribution is -2.40. The average Bonchev–Trinajstić information content (AvgIpc) is 3.33. The van der Waals surface area contributed by atoms with Gasteiger partial charge in [0.05, 0.1) is 33.5 Å². The second-order valence-corrected chi connectivity index (χ2v) is 9.25. The van der Waals surface area contributed by atoms with E-state index in [0.29, 0.717) is 19.8 Å². The lowest BCUT2D eigenvalue weighted by Gasteiger charge is -2.25. The van der Waals surface area contributed by atoms with Crippen molar-refractivity contribution in [2.45, 2.75) is 44.4 Å². The predicted molar refractivity (Wildman–Crippen MR) is 145 cm³/mol. The largest absolute Gasteiger partial charge is 0.481 e. The second-order valence-electron chi connectivity index (χ2n) is 9.25. The molecule has 2 heterocycles. The van der Waals surface area contributed by atoms with Gasteiger partial charge in [0.25, 0.3) is 0 Å². The van der Waals surface area contributed by atoms with Crippen LogP contribution in [-0.4, -0.2) is 41.6 Å². The van der Waals surface area contributed by atoms with Crippen molar-refractivity contribution in [3.8, 4) is 5.88 Å². The first-order valence-corrected chi connectivity index (χ1v) is 12.9. The highest BCUT2D eigenvalue weighted by Gasteiger charge is 2.48. The minimum Gasteiger partial charge on any atom is -0.481 e. The fraction of sp³-hybridized carbons (Fsp3) is 0.290. The molecule has 0 bridgehead atoms. The summed E-state index contributed by atoms with van der Waals surface area (Å²) in [7, 11) is 1.47. The van der Waals surface area contributed by atoms with Crippen molar-refractivity contribution < 1.29 is 23.7 Å². The van der Waals surface area contributed by atoms with Crippen LogP contribution in [0.25, 0.3) is 0 Å². The van der Waals surface area contributed by atoms with Gasteiger partial charge in [0.1, 0.15) is 18.3 Å². The molecule has 0 N–H and O–H groups in total. The molecule has 1 aromatic heterocycles. The molecule has 1 fully saturated rings. The second kappa shape index (κ2) is 13.3. The third kappa shape index (κ3) is 6.99. The van der Waals surface area contributed by atoms with E-state index >= 15 is 0 Å². The van der Waals surface area contributed by atoms with E-state index in [1.54, 1.807) is 12.3 Å². The summed E-state index contributed by atoms with van der Waals surface area (Å²) in [6.07, 6.45) is -0.766. The lowest BCUT2D eigenvalue weighted by molar-refractivity contribution is -0.0921. The Balaban J connectivity index is 1.41. The zero-order valence-electron chi connectivity index (χ0n) is 21.8. The Labute approximate surface area is 227 Å². The fourth-order valence-electron chi connectivity index (χ4n) is 4.55. The topological polar surface area (TPSA) is 81.0 Å². The zero-order valence-corrected chi connectivity index (χ0v) is 21.8. The summed E-state index contributed by atoms with van der Waals surface area (Å²) in [6.45, 7) is 1.37. The van der Waals surface area contributed by atoms with Gasteiger partial charge in [-0.05, 0) is 16.7 Å². The number of hydrogen-bond donors (Lipinski definition) is 0. The van der Waals surface area contributed by atoms with E-state index in [0.717, 1.165) is 16.7 Å². The van der Waals surface area contributed by atoms with Gasteiger partial charge in [-0.15, -0.1) is 0 Å². The molecule has 0 radical (unpaired) electrons. The predicted octanol–water partition coefficient (Wildman–Crippen LogP) is 4.54. The minimum absolute atomic E-state index is 0.232. The SMILES string of the molecule is COc1ccn(C2OC(COCc3ccccc3)C(OCc3ccccc3)C2OCc2ccccc2)c(=O)n1. The summed E-state index contributed by atoms with van der Waals surface area (Å²) in [4.78, 5) is 17.0. The van der Waals surface area contributed by atoms with Crippen LogP contribution in [0.1, 0.15) is 22.9 Å². The third-order valence-electron chi connectivity index (χ3n) is 6.54. The Morgan fingerprint density at radius 2 is 1.28 bits per heavy atom. The molecule has 8 heteroatoms. The van der Waals surface area contributed by atoms with Crippen molar-refractivity contribution >= 4 is 0 Å². The van der Waals surface area contributed by atoms with E-state index in [9.17, 15) is 4.79 Å². The van der Waals surface area contributed by atoms with E-state index < -0.39 is 30.2 Å². The van der Waals surface area contributed by atoms with Crippen LogP contribution >= 0.6 is 0 Å². The van der Waals surface area contributed by atoms with Crippen LogP contribution in [0.15, 0.2) is 108 Å².